The van der Waals surface area contributed by atoms with Gasteiger partial charge in [0.25, 0.3) is 0 Å². The van der Waals surface area contributed by atoms with Crippen LogP contribution < -0.4 is 11.1 Å². The summed E-state index contributed by atoms with van der Waals surface area (Å²) in [5, 5.41) is 10.1. The van der Waals surface area contributed by atoms with Gasteiger partial charge in [0.15, 0.2) is 11.7 Å². The van der Waals surface area contributed by atoms with Crippen molar-refractivity contribution in [2.24, 2.45) is 10.7 Å². The Hall–Kier alpha value is -2.36. The van der Waals surface area contributed by atoms with Gasteiger partial charge in [-0.3, -0.25) is 10.1 Å². The Morgan fingerprint density at radius 3 is 2.88 bits per heavy atom. The molecule has 138 valence electrons. The van der Waals surface area contributed by atoms with Crippen molar-refractivity contribution in [2.75, 3.05) is 11.9 Å². The Morgan fingerprint density at radius 1 is 1.31 bits per heavy atom. The summed E-state index contributed by atoms with van der Waals surface area (Å²) in [5.41, 5.74) is 8.15. The molecule has 0 fully saturated rings. The van der Waals surface area contributed by atoms with Crippen molar-refractivity contribution in [3.63, 3.8) is 0 Å². The van der Waals surface area contributed by atoms with Gasteiger partial charge in [0.2, 0.25) is 5.82 Å². The average molecular weight is 466 g/mol. The van der Waals surface area contributed by atoms with E-state index in [-0.39, 0.29) is 24.0 Å². The number of anilines is 1. The number of guanidine groups is 1. The molecule has 0 atom stereocenters. The van der Waals surface area contributed by atoms with Crippen LogP contribution in [0, 0.1) is 0 Å². The van der Waals surface area contributed by atoms with E-state index in [1.54, 1.807) is 12.3 Å². The van der Waals surface area contributed by atoms with Crippen molar-refractivity contribution in [2.45, 2.75) is 26.2 Å². The van der Waals surface area contributed by atoms with Crippen molar-refractivity contribution < 1.29 is 4.42 Å². The van der Waals surface area contributed by atoms with E-state index in [2.05, 4.69) is 51.5 Å². The van der Waals surface area contributed by atoms with E-state index in [4.69, 9.17) is 10.2 Å². The first kappa shape index (κ1) is 20.0. The second kappa shape index (κ2) is 9.37. The first-order valence-corrected chi connectivity index (χ1v) is 8.24. The molecule has 2 heterocycles. The van der Waals surface area contributed by atoms with Crippen LogP contribution in [-0.2, 0) is 6.42 Å². The lowest BCUT2D eigenvalue weighted by molar-refractivity contribution is 0.577. The Kier molecular flexibility index (Phi) is 7.19. The number of rotatable bonds is 6. The molecule has 2 aromatic heterocycles. The zero-order valence-corrected chi connectivity index (χ0v) is 17.1. The molecule has 3 rings (SSSR count). The lowest BCUT2D eigenvalue weighted by atomic mass is 10.0. The molecule has 0 unspecified atom stereocenters. The summed E-state index contributed by atoms with van der Waals surface area (Å²) < 4.78 is 5.27. The van der Waals surface area contributed by atoms with Gasteiger partial charge >= 0.3 is 0 Å². The third kappa shape index (κ3) is 5.32. The lowest BCUT2D eigenvalue weighted by Gasteiger charge is -2.09. The molecule has 4 N–H and O–H groups in total. The largest absolute Gasteiger partial charge is 0.461 e. The van der Waals surface area contributed by atoms with Gasteiger partial charge in [-0.1, -0.05) is 26.0 Å². The number of furan rings is 1. The molecular formula is C18H23IN6O. The smallest absolute Gasteiger partial charge is 0.216 e. The van der Waals surface area contributed by atoms with Crippen LogP contribution in [0.15, 0.2) is 52.1 Å². The van der Waals surface area contributed by atoms with Gasteiger partial charge in [-0.05, 0) is 35.7 Å². The number of hydrogen-bond donors (Lipinski definition) is 3. The number of nitrogens with zero attached hydrogens (tertiary/aromatic N) is 3. The highest BCUT2D eigenvalue weighted by Crippen LogP contribution is 2.18. The van der Waals surface area contributed by atoms with Gasteiger partial charge in [-0.2, -0.15) is 5.10 Å². The van der Waals surface area contributed by atoms with Gasteiger partial charge in [-0.25, -0.2) is 4.98 Å². The van der Waals surface area contributed by atoms with Crippen LogP contribution >= 0.6 is 24.0 Å². The summed E-state index contributed by atoms with van der Waals surface area (Å²) in [6.07, 6.45) is 2.21. The fraction of sp³-hybridized carbons (Fsp3) is 0.278. The van der Waals surface area contributed by atoms with Crippen LogP contribution in [0.4, 0.5) is 5.69 Å². The molecule has 0 bridgehead atoms. The van der Waals surface area contributed by atoms with E-state index in [0.717, 1.165) is 11.5 Å². The van der Waals surface area contributed by atoms with Gasteiger partial charge in [0.05, 0.1) is 6.26 Å². The molecule has 0 aliphatic heterocycles. The molecule has 0 spiro atoms. The third-order valence-corrected chi connectivity index (χ3v) is 3.73. The molecule has 0 saturated heterocycles. The van der Waals surface area contributed by atoms with Crippen molar-refractivity contribution in [3.8, 4) is 11.6 Å². The van der Waals surface area contributed by atoms with E-state index in [9.17, 15) is 0 Å². The molecule has 0 aliphatic carbocycles. The number of H-pyrrole nitrogens is 1. The van der Waals surface area contributed by atoms with Gasteiger partial charge in [0, 0.05) is 18.7 Å². The normalized spacial score (nSPS) is 11.4. The molecule has 7 nitrogen and oxygen atoms in total. The second-order valence-electron chi connectivity index (χ2n) is 6.01. The topological polar surface area (TPSA) is 105 Å². The maximum Gasteiger partial charge on any atom is 0.216 e. The predicted molar refractivity (Wildman–Crippen MR) is 114 cm³/mol. The Balaban J connectivity index is 0.00000243. The molecule has 0 aliphatic rings. The van der Waals surface area contributed by atoms with Crippen LogP contribution in [0.3, 0.4) is 0 Å². The maximum atomic E-state index is 5.96. The van der Waals surface area contributed by atoms with Crippen LogP contribution in [0.5, 0.6) is 0 Å². The lowest BCUT2D eigenvalue weighted by Crippen LogP contribution is -2.23. The maximum absolute atomic E-state index is 5.96. The number of halogens is 1. The van der Waals surface area contributed by atoms with E-state index < -0.39 is 0 Å². The molecule has 0 saturated carbocycles. The Bertz CT molecular complexity index is 841. The minimum Gasteiger partial charge on any atom is -0.461 e. The van der Waals surface area contributed by atoms with Crippen molar-refractivity contribution in [3.05, 3.63) is 54.0 Å². The summed E-state index contributed by atoms with van der Waals surface area (Å²) in [4.78, 5) is 8.71. The van der Waals surface area contributed by atoms with E-state index in [1.165, 1.54) is 5.56 Å². The SMILES string of the molecule is CC(C)c1cccc(NC(N)=NCCc2nc(-c3ccco3)n[nH]2)c1.I. The Morgan fingerprint density at radius 2 is 2.15 bits per heavy atom. The van der Waals surface area contributed by atoms with Gasteiger partial charge < -0.3 is 15.5 Å². The number of benzene rings is 1. The molecule has 0 radical (unpaired) electrons. The summed E-state index contributed by atoms with van der Waals surface area (Å²) in [6.45, 7) is 4.82. The minimum atomic E-state index is 0. The van der Waals surface area contributed by atoms with Crippen molar-refractivity contribution in [1.29, 1.82) is 0 Å². The first-order valence-electron chi connectivity index (χ1n) is 8.24. The van der Waals surface area contributed by atoms with Crippen LogP contribution in [-0.4, -0.2) is 27.7 Å². The number of nitrogens with one attached hydrogen (secondary N) is 2. The van der Waals surface area contributed by atoms with Crippen LogP contribution in [0.2, 0.25) is 0 Å². The van der Waals surface area contributed by atoms with Gasteiger partial charge in [0.1, 0.15) is 5.82 Å². The predicted octanol–water partition coefficient (Wildman–Crippen LogP) is 3.78. The molecule has 3 aromatic rings. The van der Waals surface area contributed by atoms with Crippen LogP contribution in [0.1, 0.15) is 31.2 Å². The van der Waals surface area contributed by atoms with Crippen molar-refractivity contribution >= 4 is 35.6 Å². The zero-order chi connectivity index (χ0) is 17.6. The molecular weight excluding hydrogens is 443 g/mol. The number of nitrogens with two attached hydrogens (primary N) is 1. The molecule has 1 aromatic carbocycles. The van der Waals surface area contributed by atoms with Gasteiger partial charge in [-0.15, -0.1) is 24.0 Å². The zero-order valence-electron chi connectivity index (χ0n) is 14.8. The standard InChI is InChI=1S/C18H22N6O.HI/c1-12(2)13-5-3-6-14(11-13)21-18(19)20-9-8-16-22-17(24-23-16)15-7-4-10-25-15;/h3-7,10-12H,8-9H2,1-2H3,(H3,19,20,21)(H,22,23,24);1H. The molecule has 26 heavy (non-hydrogen) atoms. The molecule has 0 amide bonds. The number of aliphatic imine (C=N–C) groups is 1. The van der Waals surface area contributed by atoms with E-state index in [0.29, 0.717) is 36.4 Å². The number of aromatic amines is 1. The van der Waals surface area contributed by atoms with E-state index in [1.807, 2.05) is 18.2 Å². The van der Waals surface area contributed by atoms with Crippen LogP contribution in [0.25, 0.3) is 11.6 Å². The fourth-order valence-corrected chi connectivity index (χ4v) is 2.37. The summed E-state index contributed by atoms with van der Waals surface area (Å²) >= 11 is 0. The minimum absolute atomic E-state index is 0. The molecule has 8 heteroatoms. The quantitative estimate of drug-likeness (QED) is 0.292. The fourth-order valence-electron chi connectivity index (χ4n) is 2.37. The van der Waals surface area contributed by atoms with E-state index >= 15 is 0 Å². The second-order valence-corrected chi connectivity index (χ2v) is 6.01. The Labute approximate surface area is 169 Å². The summed E-state index contributed by atoms with van der Waals surface area (Å²) in [7, 11) is 0. The highest BCUT2D eigenvalue weighted by atomic mass is 127. The highest BCUT2D eigenvalue weighted by Gasteiger charge is 2.07. The number of aromatic nitrogens is 3. The summed E-state index contributed by atoms with van der Waals surface area (Å²) in [5.74, 6) is 2.77. The average Bonchev–Trinajstić information content (AvgIpc) is 3.26. The third-order valence-electron chi connectivity index (χ3n) is 3.73. The monoisotopic (exact) mass is 466 g/mol. The number of hydrogen-bond acceptors (Lipinski definition) is 4. The summed E-state index contributed by atoms with van der Waals surface area (Å²) in [6, 6.07) is 11.8. The first-order chi connectivity index (χ1) is 12.1. The van der Waals surface area contributed by atoms with Crippen molar-refractivity contribution in [1.82, 2.24) is 15.2 Å². The highest BCUT2D eigenvalue weighted by molar-refractivity contribution is 14.0.